The number of nitrogen functional groups attached to an aromatic ring is 1. The SMILES string of the molecule is CC#C[C@H]1CN(S(=O)(=O)c2ccc(N)nc2)CCN1c1ncc([C@@](C)(O)C(F)(F)F)cn1. The highest BCUT2D eigenvalue weighted by Crippen LogP contribution is 2.38. The minimum atomic E-state index is -4.90. The molecule has 2 atom stereocenters. The van der Waals surface area contributed by atoms with E-state index in [1.54, 1.807) is 11.8 Å². The van der Waals surface area contributed by atoms with Crippen molar-refractivity contribution in [2.75, 3.05) is 30.3 Å². The lowest BCUT2D eigenvalue weighted by molar-refractivity contribution is -0.259. The molecule has 0 unspecified atom stereocenters. The molecule has 1 saturated heterocycles. The third-order valence-electron chi connectivity index (χ3n) is 5.06. The first-order valence-corrected chi connectivity index (χ1v) is 10.8. The Hall–Kier alpha value is -2.95. The van der Waals surface area contributed by atoms with E-state index in [0.29, 0.717) is 6.92 Å². The molecule has 1 fully saturated rings. The number of nitrogens with two attached hydrogens (primary N) is 1. The molecule has 0 amide bonds. The van der Waals surface area contributed by atoms with Gasteiger partial charge in [-0.2, -0.15) is 17.5 Å². The van der Waals surface area contributed by atoms with Crippen LogP contribution in [0.4, 0.5) is 24.9 Å². The van der Waals surface area contributed by atoms with Crippen LogP contribution in [0.5, 0.6) is 0 Å². The van der Waals surface area contributed by atoms with E-state index in [0.717, 1.165) is 12.4 Å². The van der Waals surface area contributed by atoms with Crippen molar-refractivity contribution in [1.29, 1.82) is 0 Å². The predicted molar refractivity (Wildman–Crippen MR) is 110 cm³/mol. The maximum atomic E-state index is 13.0. The van der Waals surface area contributed by atoms with Crippen molar-refractivity contribution in [3.05, 3.63) is 36.3 Å². The standard InChI is InChI=1S/C19H21F3N6O3S/c1-3-4-14-12-27(32(30,31)15-5-6-16(23)24-11-15)7-8-28(14)17-25-9-13(10-26-17)18(2,29)19(20,21)22/h5-6,9-11,14,29H,7-8,12H2,1-2H3,(H2,23,24)/t14-,18+/m0/s1. The highest BCUT2D eigenvalue weighted by atomic mass is 32.2. The van der Waals surface area contributed by atoms with Crippen LogP contribution in [-0.4, -0.2) is 64.6 Å². The molecule has 3 N–H and O–H groups in total. The zero-order valence-corrected chi connectivity index (χ0v) is 18.0. The fraction of sp³-hybridized carbons (Fsp3) is 0.421. The molecular weight excluding hydrogens is 449 g/mol. The molecule has 3 heterocycles. The van der Waals surface area contributed by atoms with Gasteiger partial charge < -0.3 is 15.7 Å². The highest BCUT2D eigenvalue weighted by Gasteiger charge is 2.51. The molecule has 172 valence electrons. The first kappa shape index (κ1) is 23.7. The summed E-state index contributed by atoms with van der Waals surface area (Å²) in [5.74, 6) is 5.88. The number of piperazine rings is 1. The van der Waals surface area contributed by atoms with E-state index in [1.165, 1.54) is 22.6 Å². The Bertz CT molecular complexity index is 1130. The number of rotatable bonds is 4. The number of aromatic nitrogens is 3. The summed E-state index contributed by atoms with van der Waals surface area (Å²) in [5.41, 5.74) is 1.90. The Kier molecular flexibility index (Phi) is 6.32. The van der Waals surface area contributed by atoms with Gasteiger partial charge in [-0.3, -0.25) is 0 Å². The van der Waals surface area contributed by atoms with Crippen molar-refractivity contribution in [1.82, 2.24) is 19.3 Å². The molecule has 32 heavy (non-hydrogen) atoms. The third kappa shape index (κ3) is 4.47. The molecule has 0 aliphatic carbocycles. The van der Waals surface area contributed by atoms with Crippen LogP contribution >= 0.6 is 0 Å². The lowest BCUT2D eigenvalue weighted by Crippen LogP contribution is -2.54. The number of anilines is 2. The Balaban J connectivity index is 1.84. The van der Waals surface area contributed by atoms with Crippen molar-refractivity contribution in [3.63, 3.8) is 0 Å². The van der Waals surface area contributed by atoms with Gasteiger partial charge in [-0.05, 0) is 26.0 Å². The lowest BCUT2D eigenvalue weighted by atomic mass is 9.99. The van der Waals surface area contributed by atoms with Crippen LogP contribution in [0.1, 0.15) is 19.4 Å². The number of nitrogens with zero attached hydrogens (tertiary/aromatic N) is 5. The maximum Gasteiger partial charge on any atom is 0.421 e. The zero-order chi connectivity index (χ0) is 23.7. The topological polar surface area (TPSA) is 126 Å². The second-order valence-corrected chi connectivity index (χ2v) is 9.16. The fourth-order valence-corrected chi connectivity index (χ4v) is 4.47. The Morgan fingerprint density at radius 2 is 1.81 bits per heavy atom. The number of aliphatic hydroxyl groups is 1. The second-order valence-electron chi connectivity index (χ2n) is 7.23. The van der Waals surface area contributed by atoms with Gasteiger partial charge in [-0.1, -0.05) is 5.92 Å². The first-order chi connectivity index (χ1) is 14.9. The predicted octanol–water partition coefficient (Wildman–Crippen LogP) is 1.13. The van der Waals surface area contributed by atoms with Gasteiger partial charge >= 0.3 is 6.18 Å². The average molecular weight is 470 g/mol. The van der Waals surface area contributed by atoms with Gasteiger partial charge in [0.15, 0.2) is 5.60 Å². The van der Waals surface area contributed by atoms with Crippen molar-refractivity contribution in [2.24, 2.45) is 0 Å². The quantitative estimate of drug-likeness (QED) is 0.637. The van der Waals surface area contributed by atoms with Gasteiger partial charge in [-0.25, -0.2) is 23.4 Å². The zero-order valence-electron chi connectivity index (χ0n) is 17.2. The molecule has 2 aromatic heterocycles. The van der Waals surface area contributed by atoms with E-state index >= 15 is 0 Å². The second kappa shape index (κ2) is 8.53. The molecule has 9 nitrogen and oxygen atoms in total. The summed E-state index contributed by atoms with van der Waals surface area (Å²) >= 11 is 0. The van der Waals surface area contributed by atoms with E-state index in [9.17, 15) is 26.7 Å². The van der Waals surface area contributed by atoms with Crippen molar-refractivity contribution < 1.29 is 26.7 Å². The molecule has 1 aliphatic rings. The minimum Gasteiger partial charge on any atom is -0.384 e. The summed E-state index contributed by atoms with van der Waals surface area (Å²) in [4.78, 5) is 13.3. The van der Waals surface area contributed by atoms with Crippen LogP contribution in [0, 0.1) is 11.8 Å². The number of halogens is 3. The third-order valence-corrected chi connectivity index (χ3v) is 6.91. The molecule has 3 rings (SSSR count). The molecule has 0 bridgehead atoms. The van der Waals surface area contributed by atoms with Crippen molar-refractivity contribution >= 4 is 21.8 Å². The van der Waals surface area contributed by atoms with Crippen LogP contribution in [0.3, 0.4) is 0 Å². The number of alkyl halides is 3. The summed E-state index contributed by atoms with van der Waals surface area (Å²) in [7, 11) is -3.86. The Morgan fingerprint density at radius 1 is 1.16 bits per heavy atom. The molecule has 1 aliphatic heterocycles. The molecule has 2 aromatic rings. The largest absolute Gasteiger partial charge is 0.421 e. The molecular formula is C19H21F3N6O3S. The van der Waals surface area contributed by atoms with Gasteiger partial charge in [0.2, 0.25) is 16.0 Å². The Labute approximate surface area is 183 Å². The summed E-state index contributed by atoms with van der Waals surface area (Å²) in [6.07, 6.45) is -1.93. The van der Waals surface area contributed by atoms with Gasteiger partial charge in [0.1, 0.15) is 16.8 Å². The molecule has 0 radical (unpaired) electrons. The van der Waals surface area contributed by atoms with Crippen molar-refractivity contribution in [2.45, 2.75) is 36.6 Å². The summed E-state index contributed by atoms with van der Waals surface area (Å²) in [5, 5.41) is 9.78. The van der Waals surface area contributed by atoms with Gasteiger partial charge in [0.05, 0.1) is 0 Å². The summed E-state index contributed by atoms with van der Waals surface area (Å²) < 4.78 is 66.3. The van der Waals surface area contributed by atoms with Crippen LogP contribution in [0.2, 0.25) is 0 Å². The molecule has 0 spiro atoms. The number of pyridine rings is 1. The normalized spacial score (nSPS) is 19.7. The first-order valence-electron chi connectivity index (χ1n) is 9.40. The Morgan fingerprint density at radius 3 is 2.34 bits per heavy atom. The number of hydrogen-bond acceptors (Lipinski definition) is 8. The summed E-state index contributed by atoms with van der Waals surface area (Å²) in [6, 6.07) is 2.11. The van der Waals surface area contributed by atoms with Gasteiger partial charge in [0.25, 0.3) is 0 Å². The number of hydrogen-bond donors (Lipinski definition) is 2. The molecule has 13 heteroatoms. The average Bonchev–Trinajstić information content (AvgIpc) is 2.73. The van der Waals surface area contributed by atoms with E-state index in [2.05, 4.69) is 26.8 Å². The van der Waals surface area contributed by atoms with Crippen LogP contribution < -0.4 is 10.6 Å². The highest BCUT2D eigenvalue weighted by molar-refractivity contribution is 7.89. The number of sulfonamides is 1. The van der Waals surface area contributed by atoms with E-state index in [-0.39, 0.29) is 36.3 Å². The van der Waals surface area contributed by atoms with E-state index < -0.39 is 33.4 Å². The smallest absolute Gasteiger partial charge is 0.384 e. The lowest BCUT2D eigenvalue weighted by Gasteiger charge is -2.38. The van der Waals surface area contributed by atoms with E-state index in [1.807, 2.05) is 0 Å². The molecule has 0 aromatic carbocycles. The van der Waals surface area contributed by atoms with Gasteiger partial charge in [-0.15, -0.1) is 5.92 Å². The van der Waals surface area contributed by atoms with Gasteiger partial charge in [0, 0.05) is 43.8 Å². The van der Waals surface area contributed by atoms with E-state index in [4.69, 9.17) is 5.73 Å². The van der Waals surface area contributed by atoms with Crippen LogP contribution in [-0.2, 0) is 15.6 Å². The molecule has 0 saturated carbocycles. The monoisotopic (exact) mass is 470 g/mol. The van der Waals surface area contributed by atoms with Crippen molar-refractivity contribution in [3.8, 4) is 11.8 Å². The maximum absolute atomic E-state index is 13.0. The van der Waals surface area contributed by atoms with Crippen LogP contribution in [0.15, 0.2) is 35.6 Å². The van der Waals surface area contributed by atoms with Crippen LogP contribution in [0.25, 0.3) is 0 Å². The minimum absolute atomic E-state index is 0.0150. The summed E-state index contributed by atoms with van der Waals surface area (Å²) in [6.45, 7) is 2.40. The fourth-order valence-electron chi connectivity index (χ4n) is 3.08.